The Balaban J connectivity index is 1.68. The van der Waals surface area contributed by atoms with Gasteiger partial charge in [0.2, 0.25) is 11.8 Å². The van der Waals surface area contributed by atoms with Gasteiger partial charge in [0.1, 0.15) is 0 Å². The van der Waals surface area contributed by atoms with Gasteiger partial charge in [0.25, 0.3) is 5.91 Å². The van der Waals surface area contributed by atoms with Gasteiger partial charge in [-0.1, -0.05) is 29.9 Å². The fraction of sp³-hybridized carbons (Fsp3) is 0.238. The van der Waals surface area contributed by atoms with Gasteiger partial charge in [0.15, 0.2) is 4.80 Å². The van der Waals surface area contributed by atoms with E-state index in [1.165, 1.54) is 11.3 Å². The van der Waals surface area contributed by atoms with Gasteiger partial charge in [-0.2, -0.15) is 4.99 Å². The summed E-state index contributed by atoms with van der Waals surface area (Å²) in [6.07, 6.45) is 1.35. The van der Waals surface area contributed by atoms with E-state index < -0.39 is 0 Å². The number of nitrogens with zero attached hydrogens (tertiary/aromatic N) is 3. The number of aryl methyl sites for hydroxylation is 1. The SMILES string of the molecule is CCCn1c(=NC(=O)c2ccc(N3C(=O)CCC3=O)cc2)sc2cc(Cl)ccc21. The second-order valence-corrected chi connectivity index (χ2v) is 8.18. The molecule has 8 heteroatoms. The Kier molecular flexibility index (Phi) is 5.34. The van der Waals surface area contributed by atoms with E-state index in [9.17, 15) is 14.4 Å². The minimum Gasteiger partial charge on any atom is -0.316 e. The van der Waals surface area contributed by atoms with Crippen LogP contribution in [0.1, 0.15) is 36.5 Å². The molecule has 29 heavy (non-hydrogen) atoms. The molecule has 0 saturated carbocycles. The maximum Gasteiger partial charge on any atom is 0.279 e. The van der Waals surface area contributed by atoms with Crippen molar-refractivity contribution in [3.05, 3.63) is 57.9 Å². The van der Waals surface area contributed by atoms with Gasteiger partial charge in [-0.3, -0.25) is 19.3 Å². The first-order valence-electron chi connectivity index (χ1n) is 9.31. The van der Waals surface area contributed by atoms with Crippen LogP contribution in [0.2, 0.25) is 5.02 Å². The van der Waals surface area contributed by atoms with Gasteiger partial charge in [-0.05, 0) is 48.9 Å². The van der Waals surface area contributed by atoms with Crippen LogP contribution < -0.4 is 9.70 Å². The van der Waals surface area contributed by atoms with Gasteiger partial charge in [-0.15, -0.1) is 0 Å². The Hall–Kier alpha value is -2.77. The van der Waals surface area contributed by atoms with Crippen molar-refractivity contribution in [3.8, 4) is 0 Å². The van der Waals surface area contributed by atoms with Crippen LogP contribution in [0.15, 0.2) is 47.5 Å². The lowest BCUT2D eigenvalue weighted by molar-refractivity contribution is -0.121. The molecule has 0 N–H and O–H groups in total. The molecule has 1 fully saturated rings. The lowest BCUT2D eigenvalue weighted by Gasteiger charge is -2.13. The molecule has 148 valence electrons. The molecule has 0 atom stereocenters. The van der Waals surface area contributed by atoms with Gasteiger partial charge >= 0.3 is 0 Å². The van der Waals surface area contributed by atoms with E-state index in [4.69, 9.17) is 11.6 Å². The predicted octanol–water partition coefficient (Wildman–Crippen LogP) is 4.16. The third kappa shape index (κ3) is 3.75. The molecule has 1 aromatic heterocycles. The van der Waals surface area contributed by atoms with Crippen molar-refractivity contribution in [1.29, 1.82) is 0 Å². The molecule has 2 aromatic carbocycles. The van der Waals surface area contributed by atoms with Crippen LogP contribution in [0, 0.1) is 0 Å². The van der Waals surface area contributed by atoms with E-state index in [2.05, 4.69) is 11.9 Å². The summed E-state index contributed by atoms with van der Waals surface area (Å²) in [6, 6.07) is 12.0. The minimum absolute atomic E-state index is 0.219. The normalized spacial score (nSPS) is 15.0. The largest absolute Gasteiger partial charge is 0.316 e. The summed E-state index contributed by atoms with van der Waals surface area (Å²) in [4.78, 5) is 42.6. The summed E-state index contributed by atoms with van der Waals surface area (Å²) >= 11 is 7.51. The van der Waals surface area contributed by atoms with Gasteiger partial charge in [-0.25, -0.2) is 0 Å². The Morgan fingerprint density at radius 3 is 2.45 bits per heavy atom. The number of thiazole rings is 1. The number of amides is 3. The third-order valence-corrected chi connectivity index (χ3v) is 5.99. The molecule has 0 bridgehead atoms. The number of aromatic nitrogens is 1. The van der Waals surface area contributed by atoms with Crippen LogP contribution in [0.25, 0.3) is 10.2 Å². The molecule has 4 rings (SSSR count). The van der Waals surface area contributed by atoms with Gasteiger partial charge in [0, 0.05) is 30.0 Å². The van der Waals surface area contributed by atoms with Crippen LogP contribution in [-0.4, -0.2) is 22.3 Å². The predicted molar refractivity (Wildman–Crippen MR) is 113 cm³/mol. The van der Waals surface area contributed by atoms with E-state index in [0.29, 0.717) is 21.1 Å². The van der Waals surface area contributed by atoms with E-state index in [1.54, 1.807) is 24.3 Å². The lowest BCUT2D eigenvalue weighted by atomic mass is 10.2. The number of halogens is 1. The number of hydrogen-bond acceptors (Lipinski definition) is 4. The molecule has 0 unspecified atom stereocenters. The first kappa shape index (κ1) is 19.5. The zero-order valence-electron chi connectivity index (χ0n) is 15.7. The van der Waals surface area contributed by atoms with E-state index in [0.717, 1.165) is 28.1 Å². The Morgan fingerprint density at radius 1 is 1.10 bits per heavy atom. The number of imide groups is 1. The molecule has 3 aromatic rings. The highest BCUT2D eigenvalue weighted by molar-refractivity contribution is 7.16. The van der Waals surface area contributed by atoms with Crippen molar-refractivity contribution in [2.75, 3.05) is 4.90 Å². The molecule has 1 saturated heterocycles. The smallest absolute Gasteiger partial charge is 0.279 e. The fourth-order valence-corrected chi connectivity index (χ4v) is 4.67. The van der Waals surface area contributed by atoms with Crippen LogP contribution in [-0.2, 0) is 16.1 Å². The summed E-state index contributed by atoms with van der Waals surface area (Å²) in [5, 5.41) is 0.641. The van der Waals surface area contributed by atoms with E-state index >= 15 is 0 Å². The lowest BCUT2D eigenvalue weighted by Crippen LogP contribution is -2.28. The number of benzene rings is 2. The van der Waals surface area contributed by atoms with Crippen molar-refractivity contribution in [2.45, 2.75) is 32.7 Å². The van der Waals surface area contributed by atoms with Crippen LogP contribution in [0.3, 0.4) is 0 Å². The number of rotatable bonds is 4. The summed E-state index contributed by atoms with van der Waals surface area (Å²) in [5.74, 6) is -0.815. The molecule has 3 amide bonds. The van der Waals surface area contributed by atoms with Gasteiger partial charge in [0.05, 0.1) is 15.9 Å². The average molecular weight is 428 g/mol. The Labute approximate surface area is 176 Å². The van der Waals surface area contributed by atoms with E-state index in [1.807, 2.05) is 22.8 Å². The monoisotopic (exact) mass is 427 g/mol. The second-order valence-electron chi connectivity index (χ2n) is 6.74. The zero-order valence-corrected chi connectivity index (χ0v) is 17.3. The molecule has 2 heterocycles. The summed E-state index contributed by atoms with van der Waals surface area (Å²) in [5.41, 5.74) is 1.87. The Bertz CT molecular complexity index is 1180. The number of carbonyl (C=O) groups excluding carboxylic acids is 3. The van der Waals surface area contributed by atoms with Crippen LogP contribution in [0.5, 0.6) is 0 Å². The van der Waals surface area contributed by atoms with Crippen molar-refractivity contribution < 1.29 is 14.4 Å². The molecular weight excluding hydrogens is 410 g/mol. The summed E-state index contributed by atoms with van der Waals surface area (Å²) < 4.78 is 2.99. The standard InChI is InChI=1S/C21H18ClN3O3S/c1-2-11-24-16-8-5-14(22)12-17(16)29-21(24)23-20(28)13-3-6-15(7-4-13)25-18(26)9-10-19(25)27/h3-8,12H,2,9-11H2,1H3. The zero-order chi connectivity index (χ0) is 20.5. The molecule has 1 aliphatic rings. The second kappa shape index (κ2) is 7.93. The average Bonchev–Trinajstić information content (AvgIpc) is 3.21. The van der Waals surface area contributed by atoms with Gasteiger partial charge < -0.3 is 4.57 Å². The van der Waals surface area contributed by atoms with Crippen LogP contribution in [0.4, 0.5) is 5.69 Å². The maximum atomic E-state index is 12.7. The molecule has 0 spiro atoms. The third-order valence-electron chi connectivity index (χ3n) is 4.71. The molecular formula is C21H18ClN3O3S. The number of hydrogen-bond donors (Lipinski definition) is 0. The van der Waals surface area contributed by atoms with Crippen molar-refractivity contribution in [2.24, 2.45) is 4.99 Å². The summed E-state index contributed by atoms with van der Waals surface area (Å²) in [7, 11) is 0. The summed E-state index contributed by atoms with van der Waals surface area (Å²) in [6.45, 7) is 2.81. The van der Waals surface area contributed by atoms with Crippen molar-refractivity contribution >= 4 is 56.6 Å². The topological polar surface area (TPSA) is 71.7 Å². The highest BCUT2D eigenvalue weighted by Gasteiger charge is 2.30. The quantitative estimate of drug-likeness (QED) is 0.587. The maximum absolute atomic E-state index is 12.7. The molecule has 6 nitrogen and oxygen atoms in total. The highest BCUT2D eigenvalue weighted by atomic mass is 35.5. The number of carbonyl (C=O) groups is 3. The first-order valence-corrected chi connectivity index (χ1v) is 10.5. The molecule has 1 aliphatic heterocycles. The van der Waals surface area contributed by atoms with Crippen molar-refractivity contribution in [1.82, 2.24) is 4.57 Å². The van der Waals surface area contributed by atoms with Crippen molar-refractivity contribution in [3.63, 3.8) is 0 Å². The molecule has 0 radical (unpaired) electrons. The Morgan fingerprint density at radius 2 is 1.79 bits per heavy atom. The number of anilines is 1. The first-order chi connectivity index (χ1) is 14.0. The molecule has 0 aliphatic carbocycles. The minimum atomic E-state index is -0.377. The number of fused-ring (bicyclic) bond motifs is 1. The van der Waals surface area contributed by atoms with E-state index in [-0.39, 0.29) is 30.6 Å². The van der Waals surface area contributed by atoms with Crippen LogP contribution >= 0.6 is 22.9 Å². The fourth-order valence-electron chi connectivity index (χ4n) is 3.34. The highest BCUT2D eigenvalue weighted by Crippen LogP contribution is 2.24.